The highest BCUT2D eigenvalue weighted by molar-refractivity contribution is 7.89. The monoisotopic (exact) mass is 448 g/mol. The van der Waals surface area contributed by atoms with E-state index in [0.29, 0.717) is 35.1 Å². The number of benzene rings is 1. The second kappa shape index (κ2) is 9.93. The molecular weight excluding hydrogens is 424 g/mol. The van der Waals surface area contributed by atoms with Crippen molar-refractivity contribution in [3.05, 3.63) is 35.2 Å². The molecule has 2 heterocycles. The van der Waals surface area contributed by atoms with Gasteiger partial charge in [-0.05, 0) is 42.5 Å². The van der Waals surface area contributed by atoms with Gasteiger partial charge in [0.25, 0.3) is 0 Å². The Bertz CT molecular complexity index is 1040. The van der Waals surface area contributed by atoms with Crippen LogP contribution in [0.2, 0.25) is 0 Å². The van der Waals surface area contributed by atoms with E-state index >= 15 is 0 Å². The molecule has 0 radical (unpaired) electrons. The molecule has 3 rings (SSSR count). The number of hydrogen-bond donors (Lipinski definition) is 2. The number of methoxy groups -OCH3 is 1. The van der Waals surface area contributed by atoms with E-state index in [1.54, 1.807) is 17.5 Å². The lowest BCUT2D eigenvalue weighted by molar-refractivity contribution is -0.114. The van der Waals surface area contributed by atoms with E-state index in [1.165, 1.54) is 34.9 Å². The fourth-order valence-electron chi connectivity index (χ4n) is 3.26. The largest absolute Gasteiger partial charge is 0.495 e. The molecule has 0 spiro atoms. The molecule has 0 aliphatic carbocycles. The number of anilines is 2. The fraction of sp³-hybridized carbons (Fsp3) is 0.400. The highest BCUT2D eigenvalue weighted by Crippen LogP contribution is 2.30. The van der Waals surface area contributed by atoms with Gasteiger partial charge in [0, 0.05) is 13.1 Å². The van der Waals surface area contributed by atoms with E-state index in [1.807, 2.05) is 6.07 Å². The Kier molecular flexibility index (Phi) is 7.31. The summed E-state index contributed by atoms with van der Waals surface area (Å²) in [6, 6.07) is 8.25. The third-order valence-electron chi connectivity index (χ3n) is 4.85. The second-order valence-electron chi connectivity index (χ2n) is 6.86. The summed E-state index contributed by atoms with van der Waals surface area (Å²) in [6.45, 7) is 0.926. The quantitative estimate of drug-likeness (QED) is 0.673. The molecule has 0 bridgehead atoms. The minimum atomic E-state index is -3.62. The van der Waals surface area contributed by atoms with Crippen LogP contribution in [0.3, 0.4) is 0 Å². The van der Waals surface area contributed by atoms with E-state index < -0.39 is 10.0 Å². The van der Waals surface area contributed by atoms with Crippen molar-refractivity contribution >= 4 is 38.0 Å². The predicted molar refractivity (Wildman–Crippen MR) is 116 cm³/mol. The topological polar surface area (TPSA) is 112 Å². The summed E-state index contributed by atoms with van der Waals surface area (Å²) in [5.41, 5.74) is 0.812. The number of nitrogens with zero attached hydrogens (tertiary/aromatic N) is 2. The lowest BCUT2D eigenvalue weighted by Crippen LogP contribution is -2.32. The van der Waals surface area contributed by atoms with Crippen LogP contribution in [0.25, 0.3) is 0 Å². The Morgan fingerprint density at radius 1 is 1.23 bits per heavy atom. The van der Waals surface area contributed by atoms with Crippen molar-refractivity contribution < 1.29 is 17.9 Å². The third kappa shape index (κ3) is 5.11. The van der Waals surface area contributed by atoms with E-state index in [2.05, 4.69) is 10.6 Å². The summed E-state index contributed by atoms with van der Waals surface area (Å²) in [5, 5.41) is 16.9. The highest BCUT2D eigenvalue weighted by atomic mass is 32.2. The number of carbonyl (C=O) groups excluding carboxylic acids is 1. The van der Waals surface area contributed by atoms with Gasteiger partial charge in [0.2, 0.25) is 15.9 Å². The number of thiophene rings is 1. The number of amides is 1. The zero-order valence-electron chi connectivity index (χ0n) is 16.7. The SMILES string of the molecule is COc1ccc(S(=O)(=O)N2CCCCCC2)cc1NCC(=O)Nc1sccc1C#N. The Hall–Kier alpha value is -2.61. The zero-order valence-corrected chi connectivity index (χ0v) is 18.3. The third-order valence-corrected chi connectivity index (χ3v) is 7.58. The van der Waals surface area contributed by atoms with Crippen molar-refractivity contribution in [2.24, 2.45) is 0 Å². The van der Waals surface area contributed by atoms with Gasteiger partial charge in [-0.3, -0.25) is 4.79 Å². The first-order valence-electron chi connectivity index (χ1n) is 9.65. The highest BCUT2D eigenvalue weighted by Gasteiger charge is 2.26. The summed E-state index contributed by atoms with van der Waals surface area (Å²) in [5.74, 6) is 0.0863. The summed E-state index contributed by atoms with van der Waals surface area (Å²) in [7, 11) is -2.14. The van der Waals surface area contributed by atoms with Crippen molar-refractivity contribution in [2.75, 3.05) is 37.4 Å². The molecule has 0 atom stereocenters. The van der Waals surface area contributed by atoms with Crippen LogP contribution in [0.5, 0.6) is 5.75 Å². The van der Waals surface area contributed by atoms with Crippen molar-refractivity contribution in [3.63, 3.8) is 0 Å². The summed E-state index contributed by atoms with van der Waals surface area (Å²) in [4.78, 5) is 12.4. The molecule has 1 aliphatic heterocycles. The Balaban J connectivity index is 1.74. The van der Waals surface area contributed by atoms with Gasteiger partial charge in [-0.15, -0.1) is 11.3 Å². The minimum Gasteiger partial charge on any atom is -0.495 e. The molecule has 1 saturated heterocycles. The Morgan fingerprint density at radius 2 is 1.97 bits per heavy atom. The molecular formula is C20H24N4O4S2. The van der Waals surface area contributed by atoms with E-state index in [4.69, 9.17) is 10.00 Å². The first kappa shape index (κ1) is 22.1. The van der Waals surface area contributed by atoms with Crippen molar-refractivity contribution in [2.45, 2.75) is 30.6 Å². The Labute approximate surface area is 180 Å². The summed E-state index contributed by atoms with van der Waals surface area (Å²) >= 11 is 1.26. The maximum atomic E-state index is 13.1. The average molecular weight is 449 g/mol. The van der Waals surface area contributed by atoms with Crippen LogP contribution in [-0.4, -0.2) is 45.4 Å². The van der Waals surface area contributed by atoms with Gasteiger partial charge in [-0.1, -0.05) is 12.8 Å². The smallest absolute Gasteiger partial charge is 0.244 e. The molecule has 1 aromatic heterocycles. The zero-order chi connectivity index (χ0) is 21.6. The van der Waals surface area contributed by atoms with Gasteiger partial charge in [0.1, 0.15) is 16.8 Å². The van der Waals surface area contributed by atoms with Crippen LogP contribution < -0.4 is 15.4 Å². The lowest BCUT2D eigenvalue weighted by Gasteiger charge is -2.21. The van der Waals surface area contributed by atoms with Crippen molar-refractivity contribution in [3.8, 4) is 11.8 Å². The number of sulfonamides is 1. The lowest BCUT2D eigenvalue weighted by atomic mass is 10.2. The average Bonchev–Trinajstić information content (AvgIpc) is 3.00. The van der Waals surface area contributed by atoms with Gasteiger partial charge in [0.05, 0.1) is 29.8 Å². The number of nitriles is 1. The molecule has 2 aromatic rings. The van der Waals surface area contributed by atoms with Crippen molar-refractivity contribution in [1.82, 2.24) is 4.31 Å². The standard InChI is InChI=1S/C20H24N4O4S2/c1-28-18-7-6-16(30(26,27)24-9-4-2-3-5-10-24)12-17(18)22-14-19(25)23-20-15(13-21)8-11-29-20/h6-8,11-12,22H,2-5,9-10,14H2,1H3,(H,23,25). The molecule has 1 aromatic carbocycles. The van der Waals surface area contributed by atoms with Crippen LogP contribution in [-0.2, 0) is 14.8 Å². The number of nitrogens with one attached hydrogen (secondary N) is 2. The van der Waals surface area contributed by atoms with Crippen LogP contribution in [0.15, 0.2) is 34.5 Å². The van der Waals surface area contributed by atoms with Gasteiger partial charge in [0.15, 0.2) is 0 Å². The van der Waals surface area contributed by atoms with Gasteiger partial charge < -0.3 is 15.4 Å². The number of hydrogen-bond acceptors (Lipinski definition) is 7. The molecule has 8 nitrogen and oxygen atoms in total. The number of rotatable bonds is 7. The second-order valence-corrected chi connectivity index (χ2v) is 9.71. The molecule has 10 heteroatoms. The molecule has 1 fully saturated rings. The number of carbonyl (C=O) groups is 1. The van der Waals surface area contributed by atoms with Gasteiger partial charge in [-0.2, -0.15) is 9.57 Å². The molecule has 0 unspecified atom stereocenters. The van der Waals surface area contributed by atoms with Crippen LogP contribution >= 0.6 is 11.3 Å². The summed E-state index contributed by atoms with van der Waals surface area (Å²) < 4.78 is 33.0. The van der Waals surface area contributed by atoms with Crippen LogP contribution in [0.4, 0.5) is 10.7 Å². The minimum absolute atomic E-state index is 0.105. The maximum Gasteiger partial charge on any atom is 0.244 e. The molecule has 30 heavy (non-hydrogen) atoms. The van der Waals surface area contributed by atoms with Crippen LogP contribution in [0, 0.1) is 11.3 Å². The molecule has 1 amide bonds. The fourth-order valence-corrected chi connectivity index (χ4v) is 5.55. The predicted octanol–water partition coefficient (Wildman–Crippen LogP) is 3.24. The molecule has 160 valence electrons. The summed E-state index contributed by atoms with van der Waals surface area (Å²) in [6.07, 6.45) is 3.78. The van der Waals surface area contributed by atoms with E-state index in [0.717, 1.165) is 25.7 Å². The van der Waals surface area contributed by atoms with E-state index in [9.17, 15) is 13.2 Å². The van der Waals surface area contributed by atoms with Gasteiger partial charge >= 0.3 is 0 Å². The first-order chi connectivity index (χ1) is 14.5. The maximum absolute atomic E-state index is 13.1. The van der Waals surface area contributed by atoms with Gasteiger partial charge in [-0.25, -0.2) is 8.42 Å². The Morgan fingerprint density at radius 3 is 2.63 bits per heavy atom. The van der Waals surface area contributed by atoms with E-state index in [-0.39, 0.29) is 17.3 Å². The molecule has 1 aliphatic rings. The molecule has 2 N–H and O–H groups in total. The first-order valence-corrected chi connectivity index (χ1v) is 12.0. The van der Waals surface area contributed by atoms with Crippen LogP contribution in [0.1, 0.15) is 31.2 Å². The molecule has 0 saturated carbocycles. The van der Waals surface area contributed by atoms with Crippen molar-refractivity contribution in [1.29, 1.82) is 5.26 Å². The normalized spacial score (nSPS) is 15.1. The number of ether oxygens (including phenoxy) is 1.